The number of carbonyl (C=O) groups excluding carboxylic acids is 1. The number of nitrogens with zero attached hydrogens (tertiary/aromatic N) is 1. The minimum atomic E-state index is -1.44. The maximum atomic E-state index is 11.9. The molecule has 134 valence electrons. The van der Waals surface area contributed by atoms with E-state index in [1.807, 2.05) is 30.3 Å². The first kappa shape index (κ1) is 18.8. The van der Waals surface area contributed by atoms with E-state index in [0.29, 0.717) is 6.54 Å². The van der Waals surface area contributed by atoms with E-state index in [-0.39, 0.29) is 13.0 Å². The van der Waals surface area contributed by atoms with Gasteiger partial charge in [0.1, 0.15) is 12.2 Å². The molecule has 1 aliphatic heterocycles. The van der Waals surface area contributed by atoms with Crippen molar-refractivity contribution in [2.75, 3.05) is 13.2 Å². The van der Waals surface area contributed by atoms with Gasteiger partial charge in [0.15, 0.2) is 0 Å². The Labute approximate surface area is 141 Å². The molecule has 1 fully saturated rings. The highest BCUT2D eigenvalue weighted by molar-refractivity contribution is 5.70. The highest BCUT2D eigenvalue weighted by Crippen LogP contribution is 2.28. The Morgan fingerprint density at radius 2 is 1.71 bits per heavy atom. The molecule has 0 radical (unpaired) electrons. The van der Waals surface area contributed by atoms with Gasteiger partial charge >= 0.3 is 5.97 Å². The van der Waals surface area contributed by atoms with Crippen LogP contribution in [0, 0.1) is 0 Å². The number of aliphatic hydroxyl groups is 4. The first-order chi connectivity index (χ1) is 11.5. The Morgan fingerprint density at radius 3 is 2.29 bits per heavy atom. The number of rotatable bonds is 6. The molecule has 1 aliphatic rings. The standard InChI is InChI=1S/C17H25NO6/c1-2-24-14(20)8-12-15(21)17(23)16(22)13(10-19)18(12)9-11-6-4-3-5-7-11/h3-7,12-13,15-17,19,21-23H,2,8-10H2,1H3/t12-,13-,15-,16+,17+/m0/s1. The second-order valence-electron chi connectivity index (χ2n) is 5.96. The third-order valence-corrected chi connectivity index (χ3v) is 4.42. The third kappa shape index (κ3) is 4.12. The summed E-state index contributed by atoms with van der Waals surface area (Å²) < 4.78 is 4.94. The number of aliphatic hydroxyl groups excluding tert-OH is 4. The average molecular weight is 339 g/mol. The molecular formula is C17H25NO6. The van der Waals surface area contributed by atoms with Crippen LogP contribution in [0.4, 0.5) is 0 Å². The molecule has 1 saturated heterocycles. The Kier molecular flexibility index (Phi) is 6.70. The maximum absolute atomic E-state index is 11.9. The number of ether oxygens (including phenoxy) is 1. The van der Waals surface area contributed by atoms with Gasteiger partial charge in [-0.25, -0.2) is 0 Å². The Bertz CT molecular complexity index is 525. The van der Waals surface area contributed by atoms with Gasteiger partial charge in [-0.15, -0.1) is 0 Å². The summed E-state index contributed by atoms with van der Waals surface area (Å²) in [6.07, 6.45) is -4.21. The molecule has 24 heavy (non-hydrogen) atoms. The second kappa shape index (κ2) is 8.55. The van der Waals surface area contributed by atoms with Gasteiger partial charge < -0.3 is 25.2 Å². The minimum absolute atomic E-state index is 0.137. The van der Waals surface area contributed by atoms with E-state index in [1.165, 1.54) is 0 Å². The third-order valence-electron chi connectivity index (χ3n) is 4.42. The van der Waals surface area contributed by atoms with Crippen molar-refractivity contribution < 1.29 is 30.0 Å². The summed E-state index contributed by atoms with van der Waals surface area (Å²) >= 11 is 0. The molecule has 0 spiro atoms. The van der Waals surface area contributed by atoms with Crippen LogP contribution in [0.3, 0.4) is 0 Å². The van der Waals surface area contributed by atoms with Crippen molar-refractivity contribution in [3.63, 3.8) is 0 Å². The summed E-state index contributed by atoms with van der Waals surface area (Å²) in [5.74, 6) is -0.500. The van der Waals surface area contributed by atoms with Gasteiger partial charge in [-0.05, 0) is 12.5 Å². The zero-order valence-electron chi connectivity index (χ0n) is 13.7. The smallest absolute Gasteiger partial charge is 0.307 e. The monoisotopic (exact) mass is 339 g/mol. The van der Waals surface area contributed by atoms with E-state index >= 15 is 0 Å². The van der Waals surface area contributed by atoms with E-state index in [0.717, 1.165) is 5.56 Å². The van der Waals surface area contributed by atoms with Gasteiger partial charge in [-0.1, -0.05) is 30.3 Å². The quantitative estimate of drug-likeness (QED) is 0.506. The summed E-state index contributed by atoms with van der Waals surface area (Å²) in [4.78, 5) is 13.5. The lowest BCUT2D eigenvalue weighted by Crippen LogP contribution is -2.67. The number of hydrogen-bond acceptors (Lipinski definition) is 7. The number of benzene rings is 1. The van der Waals surface area contributed by atoms with Crippen LogP contribution in [0.1, 0.15) is 18.9 Å². The molecule has 7 nitrogen and oxygen atoms in total. The van der Waals surface area contributed by atoms with Gasteiger partial charge in [0, 0.05) is 12.6 Å². The highest BCUT2D eigenvalue weighted by atomic mass is 16.5. The van der Waals surface area contributed by atoms with Crippen molar-refractivity contribution in [2.24, 2.45) is 0 Å². The van der Waals surface area contributed by atoms with Crippen LogP contribution in [0.5, 0.6) is 0 Å². The van der Waals surface area contributed by atoms with Crippen LogP contribution in [0.15, 0.2) is 30.3 Å². The molecule has 0 aromatic heterocycles. The molecule has 1 aromatic rings. The van der Waals surface area contributed by atoms with Crippen molar-refractivity contribution in [3.05, 3.63) is 35.9 Å². The fourth-order valence-corrected chi connectivity index (χ4v) is 3.17. The Morgan fingerprint density at radius 1 is 1.08 bits per heavy atom. The lowest BCUT2D eigenvalue weighted by molar-refractivity contribution is -0.181. The fraction of sp³-hybridized carbons (Fsp3) is 0.588. The molecule has 0 bridgehead atoms. The second-order valence-corrected chi connectivity index (χ2v) is 5.96. The zero-order chi connectivity index (χ0) is 17.7. The van der Waals surface area contributed by atoms with Crippen LogP contribution in [-0.2, 0) is 16.1 Å². The summed E-state index contributed by atoms with van der Waals surface area (Å²) in [6.45, 7) is 1.81. The van der Waals surface area contributed by atoms with E-state index in [9.17, 15) is 25.2 Å². The fourth-order valence-electron chi connectivity index (χ4n) is 3.17. The minimum Gasteiger partial charge on any atom is -0.466 e. The average Bonchev–Trinajstić information content (AvgIpc) is 2.58. The van der Waals surface area contributed by atoms with E-state index < -0.39 is 43.0 Å². The Balaban J connectivity index is 2.27. The van der Waals surface area contributed by atoms with Crippen LogP contribution in [0.25, 0.3) is 0 Å². The molecule has 7 heteroatoms. The first-order valence-electron chi connectivity index (χ1n) is 8.10. The van der Waals surface area contributed by atoms with Gasteiger partial charge in [0.05, 0.1) is 31.8 Å². The molecule has 1 aromatic carbocycles. The first-order valence-corrected chi connectivity index (χ1v) is 8.10. The number of hydrogen-bond donors (Lipinski definition) is 4. The van der Waals surface area contributed by atoms with Crippen LogP contribution in [-0.4, -0.2) is 74.9 Å². The van der Waals surface area contributed by atoms with Crippen molar-refractivity contribution in [1.29, 1.82) is 0 Å². The van der Waals surface area contributed by atoms with Crippen LogP contribution in [0.2, 0.25) is 0 Å². The number of carbonyl (C=O) groups is 1. The number of likely N-dealkylation sites (tertiary alicyclic amines) is 1. The van der Waals surface area contributed by atoms with E-state index in [2.05, 4.69) is 0 Å². The maximum Gasteiger partial charge on any atom is 0.307 e. The number of esters is 1. The largest absolute Gasteiger partial charge is 0.466 e. The normalized spacial score (nSPS) is 31.0. The van der Waals surface area contributed by atoms with Gasteiger partial charge in [-0.2, -0.15) is 0 Å². The van der Waals surface area contributed by atoms with Crippen molar-refractivity contribution in [2.45, 2.75) is 50.3 Å². The van der Waals surface area contributed by atoms with Crippen LogP contribution >= 0.6 is 0 Å². The molecule has 0 unspecified atom stereocenters. The van der Waals surface area contributed by atoms with Crippen molar-refractivity contribution in [3.8, 4) is 0 Å². The summed E-state index contributed by atoms with van der Waals surface area (Å²) in [6, 6.07) is 7.78. The van der Waals surface area contributed by atoms with Crippen molar-refractivity contribution >= 4 is 5.97 Å². The molecular weight excluding hydrogens is 314 g/mol. The molecule has 2 rings (SSSR count). The predicted molar refractivity (Wildman–Crippen MR) is 85.9 cm³/mol. The summed E-state index contributed by atoms with van der Waals surface area (Å²) in [5, 5.41) is 40.2. The molecule has 0 aliphatic carbocycles. The summed E-state index contributed by atoms with van der Waals surface area (Å²) in [5.41, 5.74) is 0.903. The summed E-state index contributed by atoms with van der Waals surface area (Å²) in [7, 11) is 0. The lowest BCUT2D eigenvalue weighted by atomic mass is 9.86. The number of piperidine rings is 1. The van der Waals surface area contributed by atoms with Crippen LogP contribution < -0.4 is 0 Å². The van der Waals surface area contributed by atoms with Gasteiger partial charge in [0.2, 0.25) is 0 Å². The molecule has 1 heterocycles. The molecule has 0 amide bonds. The van der Waals surface area contributed by atoms with Crippen molar-refractivity contribution in [1.82, 2.24) is 4.90 Å². The SMILES string of the molecule is CCOC(=O)C[C@H]1[C@H](O)[C@@H](O)[C@H](O)[C@H](CO)N1Cc1ccccc1. The lowest BCUT2D eigenvalue weighted by Gasteiger charge is -2.48. The van der Waals surface area contributed by atoms with Gasteiger partial charge in [-0.3, -0.25) is 9.69 Å². The topological polar surface area (TPSA) is 110 Å². The predicted octanol–water partition coefficient (Wildman–Crippen LogP) is -0.732. The molecule has 4 N–H and O–H groups in total. The van der Waals surface area contributed by atoms with E-state index in [4.69, 9.17) is 4.74 Å². The molecule has 0 saturated carbocycles. The zero-order valence-corrected chi connectivity index (χ0v) is 13.7. The Hall–Kier alpha value is -1.51. The highest BCUT2D eigenvalue weighted by Gasteiger charge is 2.48. The van der Waals surface area contributed by atoms with E-state index in [1.54, 1.807) is 11.8 Å². The van der Waals surface area contributed by atoms with Gasteiger partial charge in [0.25, 0.3) is 0 Å². The molecule has 5 atom stereocenters.